The highest BCUT2D eigenvalue weighted by Crippen LogP contribution is 2.32. The third kappa shape index (κ3) is 2.52. The zero-order valence-corrected chi connectivity index (χ0v) is 14.8. The van der Waals surface area contributed by atoms with Crippen LogP contribution in [0, 0.1) is 6.92 Å². The first-order valence-corrected chi connectivity index (χ1v) is 8.96. The summed E-state index contributed by atoms with van der Waals surface area (Å²) in [4.78, 5) is 32.9. The van der Waals surface area contributed by atoms with Crippen molar-refractivity contribution in [2.45, 2.75) is 25.8 Å². The number of aryl methyl sites for hydroxylation is 1. The van der Waals surface area contributed by atoms with Gasteiger partial charge in [-0.05, 0) is 42.1 Å². The van der Waals surface area contributed by atoms with E-state index in [0.29, 0.717) is 12.1 Å². The number of carbonyl (C=O) groups excluding carboxylic acids is 1. The van der Waals surface area contributed by atoms with Gasteiger partial charge in [-0.25, -0.2) is 4.98 Å². The monoisotopic (exact) mass is 358 g/mol. The number of nitrogens with zero attached hydrogens (tertiary/aromatic N) is 2. The molecule has 134 valence electrons. The highest BCUT2D eigenvalue weighted by Gasteiger charge is 2.30. The molecule has 0 aliphatic carbocycles. The largest absolute Gasteiger partial charge is 0.350 e. The topological polar surface area (TPSA) is 79.3 Å². The molecule has 6 nitrogen and oxygen atoms in total. The zero-order chi connectivity index (χ0) is 18.5. The molecule has 0 unspecified atom stereocenters. The van der Waals surface area contributed by atoms with Crippen molar-refractivity contribution in [2.24, 2.45) is 0 Å². The molecule has 0 bridgehead atoms. The van der Waals surface area contributed by atoms with Gasteiger partial charge in [-0.3, -0.25) is 9.59 Å². The molecule has 1 amide bonds. The van der Waals surface area contributed by atoms with E-state index in [0.717, 1.165) is 33.5 Å². The second kappa shape index (κ2) is 5.81. The van der Waals surface area contributed by atoms with Gasteiger partial charge in [0.2, 0.25) is 5.91 Å². The summed E-state index contributed by atoms with van der Waals surface area (Å²) in [7, 11) is 0. The molecule has 4 heterocycles. The maximum absolute atomic E-state index is 12.9. The van der Waals surface area contributed by atoms with Gasteiger partial charge in [0.05, 0.1) is 17.9 Å². The lowest BCUT2D eigenvalue weighted by molar-refractivity contribution is -0.121. The molecule has 6 heteroatoms. The number of amides is 1. The first-order valence-electron chi connectivity index (χ1n) is 8.96. The molecule has 1 aliphatic heterocycles. The van der Waals surface area contributed by atoms with E-state index in [1.807, 2.05) is 60.0 Å². The molecule has 4 aromatic rings. The average molecular weight is 358 g/mol. The Bertz CT molecular complexity index is 1270. The molecule has 0 radical (unpaired) electrons. The molecular formula is C21H18N4O2. The first-order chi connectivity index (χ1) is 13.1. The molecule has 27 heavy (non-hydrogen) atoms. The Balaban J connectivity index is 1.78. The van der Waals surface area contributed by atoms with Crippen LogP contribution in [0.15, 0.2) is 53.5 Å². The Labute approximate surface area is 154 Å². The number of H-pyrrole nitrogens is 1. The van der Waals surface area contributed by atoms with Crippen molar-refractivity contribution in [3.8, 4) is 0 Å². The summed E-state index contributed by atoms with van der Waals surface area (Å²) < 4.78 is 1.99. The third-order valence-corrected chi connectivity index (χ3v) is 5.22. The summed E-state index contributed by atoms with van der Waals surface area (Å²) >= 11 is 0. The molecule has 1 atom stereocenters. The van der Waals surface area contributed by atoms with Crippen LogP contribution in [0.3, 0.4) is 0 Å². The van der Waals surface area contributed by atoms with Crippen LogP contribution in [0.25, 0.3) is 16.6 Å². The van der Waals surface area contributed by atoms with Crippen molar-refractivity contribution < 1.29 is 4.79 Å². The van der Waals surface area contributed by atoms with Crippen molar-refractivity contribution in [1.29, 1.82) is 0 Å². The van der Waals surface area contributed by atoms with Crippen LogP contribution in [-0.2, 0) is 11.3 Å². The van der Waals surface area contributed by atoms with Gasteiger partial charge in [-0.1, -0.05) is 18.2 Å². The lowest BCUT2D eigenvalue weighted by Gasteiger charge is -2.16. The van der Waals surface area contributed by atoms with Gasteiger partial charge >= 0.3 is 0 Å². The predicted molar refractivity (Wildman–Crippen MR) is 103 cm³/mol. The van der Waals surface area contributed by atoms with Gasteiger partial charge in [0.1, 0.15) is 5.65 Å². The van der Waals surface area contributed by atoms with Crippen LogP contribution in [-0.4, -0.2) is 20.3 Å². The number of nitrogens with one attached hydrogen (secondary N) is 2. The van der Waals surface area contributed by atoms with Crippen LogP contribution < -0.4 is 10.9 Å². The van der Waals surface area contributed by atoms with E-state index in [2.05, 4.69) is 15.3 Å². The molecule has 2 N–H and O–H groups in total. The van der Waals surface area contributed by atoms with Crippen LogP contribution in [0.1, 0.15) is 34.9 Å². The Hall–Kier alpha value is -3.41. The first kappa shape index (κ1) is 15.8. The number of fused-ring (bicyclic) bond motifs is 4. The smallest absolute Gasteiger partial charge is 0.252 e. The third-order valence-electron chi connectivity index (χ3n) is 5.22. The minimum atomic E-state index is -0.352. The Morgan fingerprint density at radius 3 is 2.93 bits per heavy atom. The van der Waals surface area contributed by atoms with Crippen LogP contribution >= 0.6 is 0 Å². The zero-order valence-electron chi connectivity index (χ0n) is 14.8. The van der Waals surface area contributed by atoms with E-state index in [4.69, 9.17) is 0 Å². The van der Waals surface area contributed by atoms with Crippen LogP contribution in [0.2, 0.25) is 0 Å². The molecule has 0 saturated heterocycles. The van der Waals surface area contributed by atoms with Gasteiger partial charge in [-0.2, -0.15) is 0 Å². The van der Waals surface area contributed by atoms with Gasteiger partial charge in [0.15, 0.2) is 0 Å². The SMILES string of the molecule is Cc1ccc2cc([C@@H]3CC(=O)NCc4nc5ccccn5c43)c(=O)[nH]c2c1. The van der Waals surface area contributed by atoms with Gasteiger partial charge in [0.25, 0.3) is 5.56 Å². The molecular weight excluding hydrogens is 340 g/mol. The fraction of sp³-hybridized carbons (Fsp3) is 0.190. The second-order valence-electron chi connectivity index (χ2n) is 7.05. The number of rotatable bonds is 1. The highest BCUT2D eigenvalue weighted by molar-refractivity contribution is 5.81. The van der Waals surface area contributed by atoms with Crippen molar-refractivity contribution in [3.05, 3.63) is 81.5 Å². The van der Waals surface area contributed by atoms with E-state index in [1.54, 1.807) is 0 Å². The molecule has 0 fully saturated rings. The summed E-state index contributed by atoms with van der Waals surface area (Å²) in [5.74, 6) is -0.430. The molecule has 0 saturated carbocycles. The Morgan fingerprint density at radius 1 is 1.15 bits per heavy atom. The number of hydrogen-bond acceptors (Lipinski definition) is 3. The fourth-order valence-electron chi connectivity index (χ4n) is 3.95. The highest BCUT2D eigenvalue weighted by atomic mass is 16.1. The van der Waals surface area contributed by atoms with E-state index in [1.165, 1.54) is 0 Å². The predicted octanol–water partition coefficient (Wildman–Crippen LogP) is 2.64. The average Bonchev–Trinajstić information content (AvgIpc) is 2.94. The Kier molecular flexibility index (Phi) is 3.40. The molecule has 0 spiro atoms. The van der Waals surface area contributed by atoms with E-state index in [9.17, 15) is 9.59 Å². The number of aromatic nitrogens is 3. The molecule has 1 aromatic carbocycles. The van der Waals surface area contributed by atoms with Crippen molar-refractivity contribution in [1.82, 2.24) is 19.7 Å². The number of pyridine rings is 2. The summed E-state index contributed by atoms with van der Waals surface area (Å²) in [5, 5.41) is 3.85. The van der Waals surface area contributed by atoms with Crippen molar-refractivity contribution in [2.75, 3.05) is 0 Å². The van der Waals surface area contributed by atoms with Crippen molar-refractivity contribution >= 4 is 22.5 Å². The normalized spacial score (nSPS) is 16.9. The summed E-state index contributed by atoms with van der Waals surface area (Å²) in [6.07, 6.45) is 2.15. The fourth-order valence-corrected chi connectivity index (χ4v) is 3.95. The maximum atomic E-state index is 12.9. The summed E-state index contributed by atoms with van der Waals surface area (Å²) in [5.41, 5.74) is 4.85. The summed E-state index contributed by atoms with van der Waals surface area (Å²) in [6.45, 7) is 2.36. The lowest BCUT2D eigenvalue weighted by Crippen LogP contribution is -2.24. The van der Waals surface area contributed by atoms with Gasteiger partial charge in [-0.15, -0.1) is 0 Å². The number of imidazole rings is 1. The number of aromatic amines is 1. The van der Waals surface area contributed by atoms with Crippen molar-refractivity contribution in [3.63, 3.8) is 0 Å². The second-order valence-corrected chi connectivity index (χ2v) is 7.05. The van der Waals surface area contributed by atoms with E-state index >= 15 is 0 Å². The van der Waals surface area contributed by atoms with Gasteiger partial charge in [0, 0.05) is 29.6 Å². The Morgan fingerprint density at radius 2 is 2.04 bits per heavy atom. The lowest BCUT2D eigenvalue weighted by atomic mass is 9.91. The maximum Gasteiger partial charge on any atom is 0.252 e. The van der Waals surface area contributed by atoms with Gasteiger partial charge < -0.3 is 14.7 Å². The minimum Gasteiger partial charge on any atom is -0.350 e. The molecule has 3 aromatic heterocycles. The minimum absolute atomic E-state index is 0.0777. The summed E-state index contributed by atoms with van der Waals surface area (Å²) in [6, 6.07) is 13.7. The van der Waals surface area contributed by atoms with Crippen LogP contribution in [0.5, 0.6) is 0 Å². The standard InChI is InChI=1S/C21H18N4O2/c1-12-5-6-13-9-15(21(27)24-16(13)8-12)14-10-19(26)22-11-17-20(14)25-7-3-2-4-18(25)23-17/h2-9,14H,10-11H2,1H3,(H,22,26)(H,24,27)/t14-/m0/s1. The van der Waals surface area contributed by atoms with E-state index in [-0.39, 0.29) is 23.8 Å². The number of hydrogen-bond donors (Lipinski definition) is 2. The molecule has 1 aliphatic rings. The van der Waals surface area contributed by atoms with Crippen LogP contribution in [0.4, 0.5) is 0 Å². The number of benzene rings is 1. The molecule has 5 rings (SSSR count). The van der Waals surface area contributed by atoms with E-state index < -0.39 is 0 Å². The number of carbonyl (C=O) groups is 1. The quantitative estimate of drug-likeness (QED) is 0.549.